The van der Waals surface area contributed by atoms with E-state index in [-0.39, 0.29) is 11.7 Å². The van der Waals surface area contributed by atoms with Crippen molar-refractivity contribution in [3.8, 4) is 11.3 Å². The molecule has 142 valence electrons. The standard InChI is InChI=1S/C22H21FN4O/c23-17-9-7-15(8-10-17)20-18-3-1-2-4-19(18)21(25-24-20)26-11-13-27(14-12-26)22(28)16-5-6-16/h1-4,7-10,16H,5-6,11-14H2. The van der Waals surface area contributed by atoms with Crippen molar-refractivity contribution in [3.05, 3.63) is 54.3 Å². The minimum atomic E-state index is -0.267. The van der Waals surface area contributed by atoms with Gasteiger partial charge in [-0.1, -0.05) is 24.3 Å². The van der Waals surface area contributed by atoms with E-state index in [0.29, 0.717) is 5.91 Å². The van der Waals surface area contributed by atoms with Gasteiger partial charge >= 0.3 is 0 Å². The van der Waals surface area contributed by atoms with Crippen LogP contribution >= 0.6 is 0 Å². The Kier molecular flexibility index (Phi) is 4.19. The van der Waals surface area contributed by atoms with Crippen molar-refractivity contribution in [2.75, 3.05) is 31.1 Å². The summed E-state index contributed by atoms with van der Waals surface area (Å²) in [5.41, 5.74) is 1.60. The molecule has 2 aromatic carbocycles. The van der Waals surface area contributed by atoms with Gasteiger partial charge in [0.25, 0.3) is 0 Å². The fourth-order valence-corrected chi connectivity index (χ4v) is 3.87. The lowest BCUT2D eigenvalue weighted by Gasteiger charge is -2.35. The number of rotatable bonds is 3. The molecule has 0 radical (unpaired) electrons. The lowest BCUT2D eigenvalue weighted by molar-refractivity contribution is -0.132. The van der Waals surface area contributed by atoms with Gasteiger partial charge in [-0.25, -0.2) is 4.39 Å². The molecule has 0 spiro atoms. The number of nitrogens with zero attached hydrogens (tertiary/aromatic N) is 4. The molecule has 1 saturated carbocycles. The van der Waals surface area contributed by atoms with E-state index in [9.17, 15) is 9.18 Å². The van der Waals surface area contributed by atoms with Crippen molar-refractivity contribution in [2.45, 2.75) is 12.8 Å². The Balaban J connectivity index is 1.45. The molecule has 1 aliphatic heterocycles. The van der Waals surface area contributed by atoms with Crippen molar-refractivity contribution >= 4 is 22.5 Å². The molecule has 3 aromatic rings. The number of amides is 1. The summed E-state index contributed by atoms with van der Waals surface area (Å²) < 4.78 is 13.3. The van der Waals surface area contributed by atoms with Crippen LogP contribution in [0.3, 0.4) is 0 Å². The number of piperazine rings is 1. The van der Waals surface area contributed by atoms with Gasteiger partial charge in [-0.15, -0.1) is 10.2 Å². The van der Waals surface area contributed by atoms with Gasteiger partial charge in [0, 0.05) is 48.4 Å². The molecule has 5 rings (SSSR count). The van der Waals surface area contributed by atoms with Gasteiger partial charge in [0.2, 0.25) is 5.91 Å². The van der Waals surface area contributed by atoms with Crippen LogP contribution in [0.2, 0.25) is 0 Å². The first-order valence-corrected chi connectivity index (χ1v) is 9.76. The Morgan fingerprint density at radius 3 is 2.25 bits per heavy atom. The van der Waals surface area contributed by atoms with E-state index in [1.54, 1.807) is 12.1 Å². The van der Waals surface area contributed by atoms with Crippen LogP contribution in [-0.4, -0.2) is 47.2 Å². The van der Waals surface area contributed by atoms with Crippen molar-refractivity contribution in [1.82, 2.24) is 15.1 Å². The first-order valence-electron chi connectivity index (χ1n) is 9.76. The van der Waals surface area contributed by atoms with E-state index in [1.165, 1.54) is 12.1 Å². The van der Waals surface area contributed by atoms with E-state index in [1.807, 2.05) is 29.2 Å². The van der Waals surface area contributed by atoms with Crippen molar-refractivity contribution in [3.63, 3.8) is 0 Å². The molecular formula is C22H21FN4O. The second kappa shape index (κ2) is 6.86. The van der Waals surface area contributed by atoms with Crippen LogP contribution in [0.4, 0.5) is 10.2 Å². The van der Waals surface area contributed by atoms with Crippen LogP contribution in [0, 0.1) is 11.7 Å². The van der Waals surface area contributed by atoms with Crippen LogP contribution < -0.4 is 4.90 Å². The minimum absolute atomic E-state index is 0.266. The number of benzene rings is 2. The highest BCUT2D eigenvalue weighted by Crippen LogP contribution is 2.33. The largest absolute Gasteiger partial charge is 0.351 e. The number of hydrogen-bond acceptors (Lipinski definition) is 4. The number of carbonyl (C=O) groups excluding carboxylic acids is 1. The van der Waals surface area contributed by atoms with Gasteiger partial charge in [0.15, 0.2) is 5.82 Å². The number of carbonyl (C=O) groups is 1. The first-order chi connectivity index (χ1) is 13.7. The summed E-state index contributed by atoms with van der Waals surface area (Å²) in [4.78, 5) is 16.5. The lowest BCUT2D eigenvalue weighted by atomic mass is 10.0. The third-order valence-corrected chi connectivity index (χ3v) is 5.60. The molecule has 5 nitrogen and oxygen atoms in total. The van der Waals surface area contributed by atoms with Gasteiger partial charge in [-0.2, -0.15) is 0 Å². The van der Waals surface area contributed by atoms with Crippen LogP contribution in [0.15, 0.2) is 48.5 Å². The van der Waals surface area contributed by atoms with Gasteiger partial charge < -0.3 is 9.80 Å². The topological polar surface area (TPSA) is 49.3 Å². The maximum absolute atomic E-state index is 13.3. The molecule has 6 heteroatoms. The average molecular weight is 376 g/mol. The van der Waals surface area contributed by atoms with Crippen LogP contribution in [-0.2, 0) is 4.79 Å². The molecule has 0 unspecified atom stereocenters. The molecular weight excluding hydrogens is 355 g/mol. The summed E-state index contributed by atoms with van der Waals surface area (Å²) in [6.45, 7) is 2.97. The predicted molar refractivity (Wildman–Crippen MR) is 106 cm³/mol. The summed E-state index contributed by atoms with van der Waals surface area (Å²) >= 11 is 0. The molecule has 2 aliphatic rings. The number of halogens is 1. The second-order valence-electron chi connectivity index (χ2n) is 7.51. The Morgan fingerprint density at radius 1 is 0.893 bits per heavy atom. The first kappa shape index (κ1) is 17.1. The zero-order chi connectivity index (χ0) is 19.1. The highest BCUT2D eigenvalue weighted by atomic mass is 19.1. The van der Waals surface area contributed by atoms with Crippen LogP contribution in [0.1, 0.15) is 12.8 Å². The van der Waals surface area contributed by atoms with E-state index in [4.69, 9.17) is 0 Å². The second-order valence-corrected chi connectivity index (χ2v) is 7.51. The monoisotopic (exact) mass is 376 g/mol. The maximum atomic E-state index is 13.3. The quantitative estimate of drug-likeness (QED) is 0.702. The molecule has 2 heterocycles. The summed E-state index contributed by atoms with van der Waals surface area (Å²) in [6.07, 6.45) is 2.08. The predicted octanol–water partition coefficient (Wildman–Crippen LogP) is 3.49. The molecule has 0 atom stereocenters. The highest BCUT2D eigenvalue weighted by Gasteiger charge is 2.35. The maximum Gasteiger partial charge on any atom is 0.225 e. The number of fused-ring (bicyclic) bond motifs is 1. The lowest BCUT2D eigenvalue weighted by Crippen LogP contribution is -2.49. The Bertz CT molecular complexity index is 1020. The van der Waals surface area contributed by atoms with E-state index in [0.717, 1.165) is 66.9 Å². The molecule has 1 saturated heterocycles. The average Bonchev–Trinajstić information content (AvgIpc) is 3.59. The van der Waals surface area contributed by atoms with Gasteiger partial charge in [0.1, 0.15) is 11.5 Å². The van der Waals surface area contributed by atoms with Crippen LogP contribution in [0.5, 0.6) is 0 Å². The molecule has 1 amide bonds. The number of hydrogen-bond donors (Lipinski definition) is 0. The fourth-order valence-electron chi connectivity index (χ4n) is 3.87. The third kappa shape index (κ3) is 3.09. The van der Waals surface area contributed by atoms with Crippen molar-refractivity contribution in [1.29, 1.82) is 0 Å². The van der Waals surface area contributed by atoms with Crippen LogP contribution in [0.25, 0.3) is 22.0 Å². The normalized spacial score (nSPS) is 17.2. The Hall–Kier alpha value is -3.02. The zero-order valence-corrected chi connectivity index (χ0v) is 15.5. The molecule has 0 bridgehead atoms. The molecule has 1 aliphatic carbocycles. The smallest absolute Gasteiger partial charge is 0.225 e. The van der Waals surface area contributed by atoms with Gasteiger partial charge in [0.05, 0.1) is 0 Å². The molecule has 28 heavy (non-hydrogen) atoms. The Labute approximate surface area is 162 Å². The van der Waals surface area contributed by atoms with E-state index < -0.39 is 0 Å². The molecule has 0 N–H and O–H groups in total. The summed E-state index contributed by atoms with van der Waals surface area (Å²) in [5, 5.41) is 11.0. The summed E-state index contributed by atoms with van der Waals surface area (Å²) in [6, 6.07) is 14.4. The number of aromatic nitrogens is 2. The summed E-state index contributed by atoms with van der Waals surface area (Å²) in [7, 11) is 0. The van der Waals surface area contributed by atoms with E-state index in [2.05, 4.69) is 15.1 Å². The fraction of sp³-hybridized carbons (Fsp3) is 0.318. The van der Waals surface area contributed by atoms with E-state index >= 15 is 0 Å². The highest BCUT2D eigenvalue weighted by molar-refractivity contribution is 6.00. The van der Waals surface area contributed by atoms with Gasteiger partial charge in [-0.3, -0.25) is 4.79 Å². The van der Waals surface area contributed by atoms with Crippen molar-refractivity contribution < 1.29 is 9.18 Å². The third-order valence-electron chi connectivity index (χ3n) is 5.60. The minimum Gasteiger partial charge on any atom is -0.351 e. The Morgan fingerprint density at radius 2 is 1.57 bits per heavy atom. The molecule has 1 aromatic heterocycles. The number of anilines is 1. The summed E-state index contributed by atoms with van der Waals surface area (Å²) in [5.74, 6) is 1.15. The zero-order valence-electron chi connectivity index (χ0n) is 15.5. The SMILES string of the molecule is O=C(C1CC1)N1CCN(c2nnc(-c3ccc(F)cc3)c3ccccc23)CC1. The van der Waals surface area contributed by atoms with Crippen molar-refractivity contribution in [2.24, 2.45) is 5.92 Å². The molecule has 2 fully saturated rings. The van der Waals surface area contributed by atoms with Gasteiger partial charge in [-0.05, 0) is 37.1 Å².